The molecule has 2 aromatic rings. The van der Waals surface area contributed by atoms with Crippen molar-refractivity contribution in [2.24, 2.45) is 0 Å². The van der Waals surface area contributed by atoms with Gasteiger partial charge in [-0.1, -0.05) is 18.2 Å². The lowest BCUT2D eigenvalue weighted by Crippen LogP contribution is -1.92. The fourth-order valence-corrected chi connectivity index (χ4v) is 2.27. The number of hydrogen-bond acceptors (Lipinski definition) is 4. The summed E-state index contributed by atoms with van der Waals surface area (Å²) < 4.78 is 5.95. The van der Waals surface area contributed by atoms with Gasteiger partial charge in [0, 0.05) is 23.5 Å². The number of hydrogen-bond donors (Lipinski definition) is 0. The summed E-state index contributed by atoms with van der Waals surface area (Å²) in [6.45, 7) is 0. The molecule has 0 saturated heterocycles. The summed E-state index contributed by atoms with van der Waals surface area (Å²) in [5, 5.41) is 0. The van der Waals surface area contributed by atoms with Crippen molar-refractivity contribution < 1.29 is 9.53 Å². The number of carbonyl (C=O) groups excluding carboxylic acids is 1. The highest BCUT2D eigenvalue weighted by molar-refractivity contribution is 9.15. The lowest BCUT2D eigenvalue weighted by atomic mass is 10.1. The molecule has 0 radical (unpaired) electrons. The Kier molecular flexibility index (Phi) is 2.68. The summed E-state index contributed by atoms with van der Waals surface area (Å²) in [4.78, 5) is 19.6. The highest BCUT2D eigenvalue weighted by Crippen LogP contribution is 2.37. The second kappa shape index (κ2) is 4.34. The molecular formula is C13H7BrN2O2. The quantitative estimate of drug-likeness (QED) is 0.760. The molecule has 0 spiro atoms. The van der Waals surface area contributed by atoms with Gasteiger partial charge in [0.2, 0.25) is 0 Å². The van der Waals surface area contributed by atoms with E-state index in [-0.39, 0.29) is 5.97 Å². The monoisotopic (exact) mass is 302 g/mol. The van der Waals surface area contributed by atoms with Crippen molar-refractivity contribution >= 4 is 32.1 Å². The van der Waals surface area contributed by atoms with Crippen LogP contribution in [0.15, 0.2) is 43.0 Å². The molecule has 1 aliphatic rings. The predicted molar refractivity (Wildman–Crippen MR) is 69.6 cm³/mol. The van der Waals surface area contributed by atoms with Crippen LogP contribution in [0.25, 0.3) is 10.2 Å². The van der Waals surface area contributed by atoms with Gasteiger partial charge in [-0.25, -0.2) is 14.8 Å². The van der Waals surface area contributed by atoms with E-state index < -0.39 is 0 Å². The van der Waals surface area contributed by atoms with Crippen molar-refractivity contribution in [3.8, 4) is 0 Å². The molecule has 2 heterocycles. The number of benzene rings is 1. The second-order valence-corrected chi connectivity index (χ2v) is 4.50. The second-order valence-electron chi connectivity index (χ2n) is 3.71. The zero-order valence-corrected chi connectivity index (χ0v) is 10.7. The van der Waals surface area contributed by atoms with E-state index in [9.17, 15) is 4.79 Å². The fourth-order valence-electron chi connectivity index (χ4n) is 1.77. The summed E-state index contributed by atoms with van der Waals surface area (Å²) in [7, 11) is 0. The molecule has 0 atom stereocenters. The largest absolute Gasteiger partial charge is 0.421 e. The maximum Gasteiger partial charge on any atom is 0.344 e. The van der Waals surface area contributed by atoms with Crippen LogP contribution in [-0.2, 0) is 4.74 Å². The molecular weight excluding hydrogens is 296 g/mol. The Morgan fingerprint density at radius 1 is 1.11 bits per heavy atom. The number of ether oxygens (including phenoxy) is 1. The average Bonchev–Trinajstić information content (AvgIpc) is 2.77. The van der Waals surface area contributed by atoms with E-state index >= 15 is 0 Å². The van der Waals surface area contributed by atoms with Crippen LogP contribution in [-0.4, -0.2) is 15.9 Å². The van der Waals surface area contributed by atoms with Crippen molar-refractivity contribution in [2.45, 2.75) is 0 Å². The summed E-state index contributed by atoms with van der Waals surface area (Å²) >= 11 is 3.43. The molecule has 4 nitrogen and oxygen atoms in total. The molecule has 0 amide bonds. The first-order valence-electron chi connectivity index (χ1n) is 5.24. The van der Waals surface area contributed by atoms with Crippen LogP contribution in [0.3, 0.4) is 0 Å². The minimum Gasteiger partial charge on any atom is -0.421 e. The zero-order chi connectivity index (χ0) is 12.5. The topological polar surface area (TPSA) is 52.1 Å². The number of aromatic nitrogens is 2. The van der Waals surface area contributed by atoms with Gasteiger partial charge in [0.15, 0.2) is 5.76 Å². The van der Waals surface area contributed by atoms with E-state index in [1.165, 1.54) is 6.33 Å². The summed E-state index contributed by atoms with van der Waals surface area (Å²) in [6.07, 6.45) is 4.75. The van der Waals surface area contributed by atoms with Crippen molar-refractivity contribution in [2.75, 3.05) is 0 Å². The van der Waals surface area contributed by atoms with E-state index in [4.69, 9.17) is 4.74 Å². The van der Waals surface area contributed by atoms with E-state index in [1.54, 1.807) is 18.5 Å². The van der Waals surface area contributed by atoms with Gasteiger partial charge in [-0.2, -0.15) is 0 Å². The first-order chi connectivity index (χ1) is 8.77. The molecule has 0 aliphatic carbocycles. The molecule has 88 valence electrons. The van der Waals surface area contributed by atoms with Gasteiger partial charge in [0.05, 0.1) is 10.0 Å². The van der Waals surface area contributed by atoms with Crippen molar-refractivity contribution in [1.82, 2.24) is 9.97 Å². The Morgan fingerprint density at radius 3 is 2.50 bits per heavy atom. The molecule has 0 saturated carbocycles. The predicted octanol–water partition coefficient (Wildman–Crippen LogP) is 2.87. The molecule has 0 unspecified atom stereocenters. The molecule has 0 fully saturated rings. The average molecular weight is 303 g/mol. The van der Waals surface area contributed by atoms with Crippen molar-refractivity contribution in [3.05, 3.63) is 59.7 Å². The smallest absolute Gasteiger partial charge is 0.344 e. The zero-order valence-electron chi connectivity index (χ0n) is 9.13. The normalized spacial score (nSPS) is 16.2. The van der Waals surface area contributed by atoms with Gasteiger partial charge in [-0.3, -0.25) is 0 Å². The Balaban J connectivity index is 2.17. The molecule has 1 aliphatic heterocycles. The molecule has 18 heavy (non-hydrogen) atoms. The number of esters is 1. The first-order valence-corrected chi connectivity index (χ1v) is 6.03. The maximum absolute atomic E-state index is 11.7. The standard InChI is InChI=1S/C13H7BrN2O2/c14-11(8-5-15-7-16-6-8)12-9-3-1-2-4-10(9)13(17)18-12/h1-7H/b12-11+. The van der Waals surface area contributed by atoms with Crippen LogP contribution in [0.2, 0.25) is 0 Å². The van der Waals surface area contributed by atoms with Crippen LogP contribution in [0, 0.1) is 0 Å². The molecule has 1 aromatic heterocycles. The van der Waals surface area contributed by atoms with Crippen LogP contribution in [0.1, 0.15) is 21.5 Å². The van der Waals surface area contributed by atoms with Crippen LogP contribution < -0.4 is 0 Å². The van der Waals surface area contributed by atoms with E-state index in [0.29, 0.717) is 15.8 Å². The van der Waals surface area contributed by atoms with Crippen LogP contribution in [0.5, 0.6) is 0 Å². The third-order valence-corrected chi connectivity index (χ3v) is 3.42. The van der Waals surface area contributed by atoms with Gasteiger partial charge >= 0.3 is 5.97 Å². The third-order valence-electron chi connectivity index (χ3n) is 2.60. The van der Waals surface area contributed by atoms with E-state index in [0.717, 1.165) is 11.1 Å². The minimum atomic E-state index is -0.339. The van der Waals surface area contributed by atoms with Gasteiger partial charge in [0.25, 0.3) is 0 Å². The van der Waals surface area contributed by atoms with Gasteiger partial charge in [-0.15, -0.1) is 0 Å². The molecule has 1 aromatic carbocycles. The Bertz CT molecular complexity index is 653. The number of halogens is 1. The fraction of sp³-hybridized carbons (Fsp3) is 0. The maximum atomic E-state index is 11.7. The van der Waals surface area contributed by atoms with E-state index in [1.807, 2.05) is 18.2 Å². The molecule has 3 rings (SSSR count). The molecule has 5 heteroatoms. The summed E-state index contributed by atoms with van der Waals surface area (Å²) in [5.41, 5.74) is 2.11. The minimum absolute atomic E-state index is 0.339. The van der Waals surface area contributed by atoms with Gasteiger partial charge in [0.1, 0.15) is 6.33 Å². The van der Waals surface area contributed by atoms with Crippen LogP contribution in [0.4, 0.5) is 0 Å². The number of fused-ring (bicyclic) bond motifs is 1. The molecule has 0 bridgehead atoms. The van der Waals surface area contributed by atoms with E-state index in [2.05, 4.69) is 25.9 Å². The SMILES string of the molecule is O=C1O/C(=C(/Br)c2cncnc2)c2ccccc21. The highest BCUT2D eigenvalue weighted by Gasteiger charge is 2.28. The van der Waals surface area contributed by atoms with Crippen LogP contribution >= 0.6 is 15.9 Å². The number of rotatable bonds is 1. The number of nitrogens with zero attached hydrogens (tertiary/aromatic N) is 2. The third kappa shape index (κ3) is 1.73. The lowest BCUT2D eigenvalue weighted by Gasteiger charge is -2.03. The first kappa shape index (κ1) is 11.1. The Morgan fingerprint density at radius 2 is 1.78 bits per heavy atom. The van der Waals surface area contributed by atoms with Gasteiger partial charge in [-0.05, 0) is 22.0 Å². The lowest BCUT2D eigenvalue weighted by molar-refractivity contribution is 0.0717. The Hall–Kier alpha value is -2.01. The van der Waals surface area contributed by atoms with Crippen molar-refractivity contribution in [3.63, 3.8) is 0 Å². The summed E-state index contributed by atoms with van der Waals surface area (Å²) in [6, 6.07) is 7.26. The Labute approximate surface area is 111 Å². The highest BCUT2D eigenvalue weighted by atomic mass is 79.9. The number of cyclic esters (lactones) is 1. The molecule has 0 N–H and O–H groups in total. The van der Waals surface area contributed by atoms with Crippen molar-refractivity contribution in [1.29, 1.82) is 0 Å². The van der Waals surface area contributed by atoms with Gasteiger partial charge < -0.3 is 4.74 Å². The summed E-state index contributed by atoms with van der Waals surface area (Å²) in [5.74, 6) is 0.166. The number of carbonyl (C=O) groups is 1.